The summed E-state index contributed by atoms with van der Waals surface area (Å²) in [4.78, 5) is 0.142. The molecule has 0 saturated carbocycles. The standard InChI is InChI=1S/C10H14N6O2S/c1-6-3-4-8(11)5-9(6)19(17,18)14-7(2)10-12-15-16-13-10/h3-5,7,14H,11H2,1-2H3,(H,12,13,15,16). The van der Waals surface area contributed by atoms with Gasteiger partial charge in [0, 0.05) is 5.69 Å². The predicted octanol–water partition coefficient (Wildman–Crippen LogP) is 0.130. The number of aromatic amines is 1. The van der Waals surface area contributed by atoms with Crippen LogP contribution in [0.3, 0.4) is 0 Å². The fourth-order valence-corrected chi connectivity index (χ4v) is 3.09. The maximum absolute atomic E-state index is 12.3. The molecule has 9 heteroatoms. The van der Waals surface area contributed by atoms with Crippen LogP contribution in [0.2, 0.25) is 0 Å². The maximum atomic E-state index is 12.3. The summed E-state index contributed by atoms with van der Waals surface area (Å²) >= 11 is 0. The molecule has 0 aliphatic rings. The maximum Gasteiger partial charge on any atom is 0.241 e. The Morgan fingerprint density at radius 2 is 2.16 bits per heavy atom. The lowest BCUT2D eigenvalue weighted by Gasteiger charge is -2.13. The molecule has 0 fully saturated rings. The van der Waals surface area contributed by atoms with Gasteiger partial charge in [0.1, 0.15) is 0 Å². The molecule has 2 aromatic rings. The molecule has 102 valence electrons. The summed E-state index contributed by atoms with van der Waals surface area (Å²) in [6.45, 7) is 3.33. The Morgan fingerprint density at radius 3 is 2.79 bits per heavy atom. The number of nitrogens with zero attached hydrogens (tertiary/aromatic N) is 3. The lowest BCUT2D eigenvalue weighted by Crippen LogP contribution is -2.28. The fourth-order valence-electron chi connectivity index (χ4n) is 1.61. The molecule has 1 unspecified atom stereocenters. The SMILES string of the molecule is Cc1ccc(N)cc1S(=O)(=O)NC(C)c1nn[nH]n1. The Balaban J connectivity index is 2.30. The van der Waals surface area contributed by atoms with Crippen LogP contribution in [-0.4, -0.2) is 29.0 Å². The number of aryl methyl sites for hydroxylation is 1. The highest BCUT2D eigenvalue weighted by molar-refractivity contribution is 7.89. The molecule has 1 aromatic carbocycles. The van der Waals surface area contributed by atoms with Gasteiger partial charge in [-0.3, -0.25) is 0 Å². The van der Waals surface area contributed by atoms with Crippen molar-refractivity contribution in [1.82, 2.24) is 25.3 Å². The first-order valence-electron chi connectivity index (χ1n) is 5.52. The monoisotopic (exact) mass is 282 g/mol. The highest BCUT2D eigenvalue weighted by Crippen LogP contribution is 2.20. The van der Waals surface area contributed by atoms with Crippen LogP contribution in [0.15, 0.2) is 23.1 Å². The number of rotatable bonds is 4. The van der Waals surface area contributed by atoms with Crippen molar-refractivity contribution in [2.45, 2.75) is 24.8 Å². The van der Waals surface area contributed by atoms with Crippen LogP contribution in [0, 0.1) is 6.92 Å². The van der Waals surface area contributed by atoms with Gasteiger partial charge in [-0.15, -0.1) is 10.2 Å². The van der Waals surface area contributed by atoms with E-state index in [1.165, 1.54) is 6.07 Å². The highest BCUT2D eigenvalue weighted by Gasteiger charge is 2.22. The minimum absolute atomic E-state index is 0.142. The Kier molecular flexibility index (Phi) is 3.49. The summed E-state index contributed by atoms with van der Waals surface area (Å²) in [5.74, 6) is 0.269. The number of H-pyrrole nitrogens is 1. The summed E-state index contributed by atoms with van der Waals surface area (Å²) in [5.41, 5.74) is 6.62. The van der Waals surface area contributed by atoms with E-state index in [1.54, 1.807) is 26.0 Å². The molecule has 1 aromatic heterocycles. The first-order chi connectivity index (χ1) is 8.90. The Bertz CT molecular complexity index is 667. The molecular formula is C10H14N6O2S. The Morgan fingerprint density at radius 1 is 1.42 bits per heavy atom. The average Bonchev–Trinajstić information content (AvgIpc) is 2.85. The summed E-state index contributed by atoms with van der Waals surface area (Å²) in [6.07, 6.45) is 0. The molecule has 0 radical (unpaired) electrons. The summed E-state index contributed by atoms with van der Waals surface area (Å²) < 4.78 is 27.0. The van der Waals surface area contributed by atoms with Crippen molar-refractivity contribution >= 4 is 15.7 Å². The van der Waals surface area contributed by atoms with Gasteiger partial charge < -0.3 is 5.73 Å². The number of sulfonamides is 1. The van der Waals surface area contributed by atoms with Crippen molar-refractivity contribution < 1.29 is 8.42 Å². The highest BCUT2D eigenvalue weighted by atomic mass is 32.2. The minimum atomic E-state index is -3.69. The van der Waals surface area contributed by atoms with E-state index >= 15 is 0 Å². The van der Waals surface area contributed by atoms with Gasteiger partial charge in [-0.25, -0.2) is 13.1 Å². The number of hydrogen-bond acceptors (Lipinski definition) is 6. The van der Waals surface area contributed by atoms with Crippen molar-refractivity contribution in [2.75, 3.05) is 5.73 Å². The van der Waals surface area contributed by atoms with E-state index in [0.717, 1.165) is 0 Å². The van der Waals surface area contributed by atoms with Crippen LogP contribution in [0.5, 0.6) is 0 Å². The topological polar surface area (TPSA) is 127 Å². The summed E-state index contributed by atoms with van der Waals surface area (Å²) in [5, 5.41) is 13.1. The second kappa shape index (κ2) is 4.94. The lowest BCUT2D eigenvalue weighted by atomic mass is 10.2. The molecule has 4 N–H and O–H groups in total. The van der Waals surface area contributed by atoms with Crippen LogP contribution in [-0.2, 0) is 10.0 Å². The number of aromatic nitrogens is 4. The zero-order chi connectivity index (χ0) is 14.0. The van der Waals surface area contributed by atoms with E-state index in [-0.39, 0.29) is 10.7 Å². The molecule has 0 aliphatic carbocycles. The molecule has 0 amide bonds. The van der Waals surface area contributed by atoms with E-state index in [9.17, 15) is 8.42 Å². The first kappa shape index (κ1) is 13.4. The second-order valence-corrected chi connectivity index (χ2v) is 5.82. The van der Waals surface area contributed by atoms with Gasteiger partial charge in [-0.2, -0.15) is 5.21 Å². The van der Waals surface area contributed by atoms with Gasteiger partial charge in [-0.1, -0.05) is 11.3 Å². The number of tetrazole rings is 1. The zero-order valence-electron chi connectivity index (χ0n) is 10.5. The number of benzene rings is 1. The van der Waals surface area contributed by atoms with E-state index in [4.69, 9.17) is 5.73 Å². The quantitative estimate of drug-likeness (QED) is 0.684. The summed E-state index contributed by atoms with van der Waals surface area (Å²) in [7, 11) is -3.69. The third-order valence-electron chi connectivity index (χ3n) is 2.58. The molecule has 2 rings (SSSR count). The van der Waals surface area contributed by atoms with Crippen molar-refractivity contribution in [1.29, 1.82) is 0 Å². The van der Waals surface area contributed by atoms with Crippen LogP contribution < -0.4 is 10.5 Å². The number of hydrogen-bond donors (Lipinski definition) is 3. The summed E-state index contributed by atoms with van der Waals surface area (Å²) in [6, 6.07) is 4.13. The molecular weight excluding hydrogens is 268 g/mol. The molecule has 8 nitrogen and oxygen atoms in total. The van der Waals surface area contributed by atoms with E-state index < -0.39 is 16.1 Å². The first-order valence-corrected chi connectivity index (χ1v) is 7.00. The molecule has 19 heavy (non-hydrogen) atoms. The molecule has 0 spiro atoms. The molecule has 1 atom stereocenters. The average molecular weight is 282 g/mol. The molecule has 1 heterocycles. The lowest BCUT2D eigenvalue weighted by molar-refractivity contribution is 0.559. The third-order valence-corrected chi connectivity index (χ3v) is 4.27. The number of nitrogens with one attached hydrogen (secondary N) is 2. The smallest absolute Gasteiger partial charge is 0.241 e. The van der Waals surface area contributed by atoms with Crippen LogP contribution in [0.1, 0.15) is 24.4 Å². The minimum Gasteiger partial charge on any atom is -0.399 e. The van der Waals surface area contributed by atoms with Gasteiger partial charge in [0.25, 0.3) is 0 Å². The largest absolute Gasteiger partial charge is 0.399 e. The number of anilines is 1. The van der Waals surface area contributed by atoms with Crippen molar-refractivity contribution in [3.05, 3.63) is 29.6 Å². The molecule has 0 bridgehead atoms. The van der Waals surface area contributed by atoms with Gasteiger partial charge in [0.2, 0.25) is 10.0 Å². The van der Waals surface area contributed by atoms with E-state index in [0.29, 0.717) is 11.3 Å². The second-order valence-electron chi connectivity index (χ2n) is 4.14. The fraction of sp³-hybridized carbons (Fsp3) is 0.300. The Labute approximate surface area is 110 Å². The number of nitrogens with two attached hydrogens (primary N) is 1. The Hall–Kier alpha value is -2.00. The molecule has 0 saturated heterocycles. The molecule has 0 aliphatic heterocycles. The van der Waals surface area contributed by atoms with Crippen molar-refractivity contribution in [2.24, 2.45) is 0 Å². The van der Waals surface area contributed by atoms with Gasteiger partial charge >= 0.3 is 0 Å². The van der Waals surface area contributed by atoms with Gasteiger partial charge in [-0.05, 0) is 31.5 Å². The van der Waals surface area contributed by atoms with Crippen molar-refractivity contribution in [3.63, 3.8) is 0 Å². The van der Waals surface area contributed by atoms with Gasteiger partial charge in [0.05, 0.1) is 10.9 Å². The number of nitrogen functional groups attached to an aromatic ring is 1. The van der Waals surface area contributed by atoms with Gasteiger partial charge in [0.15, 0.2) is 5.82 Å². The zero-order valence-corrected chi connectivity index (χ0v) is 11.3. The van der Waals surface area contributed by atoms with E-state index in [2.05, 4.69) is 25.3 Å². The normalized spacial score (nSPS) is 13.4. The van der Waals surface area contributed by atoms with E-state index in [1.807, 2.05) is 0 Å². The van der Waals surface area contributed by atoms with Crippen LogP contribution in [0.25, 0.3) is 0 Å². The van der Waals surface area contributed by atoms with Crippen LogP contribution >= 0.6 is 0 Å². The third kappa shape index (κ3) is 2.88. The van der Waals surface area contributed by atoms with Crippen molar-refractivity contribution in [3.8, 4) is 0 Å². The predicted molar refractivity (Wildman–Crippen MR) is 68.5 cm³/mol. The van der Waals surface area contributed by atoms with Crippen LogP contribution in [0.4, 0.5) is 5.69 Å².